The Bertz CT molecular complexity index is 764. The number of nitrogens with zero attached hydrogens (tertiary/aromatic N) is 5. The zero-order valence-electron chi connectivity index (χ0n) is 14.8. The van der Waals surface area contributed by atoms with Gasteiger partial charge in [-0.05, 0) is 44.8 Å². The number of benzene rings is 1. The molecule has 1 aromatic heterocycles. The van der Waals surface area contributed by atoms with E-state index in [9.17, 15) is 0 Å². The van der Waals surface area contributed by atoms with E-state index in [-0.39, 0.29) is 5.82 Å². The van der Waals surface area contributed by atoms with Crippen LogP contribution in [0.25, 0.3) is 11.4 Å². The highest BCUT2D eigenvalue weighted by Gasteiger charge is 2.31. The summed E-state index contributed by atoms with van der Waals surface area (Å²) in [6, 6.07) is 7.85. The predicted molar refractivity (Wildman–Crippen MR) is 105 cm³/mol. The number of halogens is 3. The molecule has 0 aliphatic carbocycles. The van der Waals surface area contributed by atoms with E-state index in [0.29, 0.717) is 17.8 Å². The van der Waals surface area contributed by atoms with Crippen LogP contribution in [0.1, 0.15) is 12.2 Å². The standard InChI is InChI=1S/C17H20Cl3N5O/c1-24(2)12-8-9-25(10-12)16-22-14(21-15(23-16)17(18,19)20)11-4-6-13(26-3)7-5-11/h4-7,12H,8-10H2,1-3H3. The molecular weight excluding hydrogens is 397 g/mol. The van der Waals surface area contributed by atoms with Gasteiger partial charge in [0.25, 0.3) is 0 Å². The van der Waals surface area contributed by atoms with E-state index in [2.05, 4.69) is 38.8 Å². The zero-order chi connectivity index (χ0) is 18.9. The van der Waals surface area contributed by atoms with Crippen molar-refractivity contribution >= 4 is 40.8 Å². The molecule has 2 aromatic rings. The summed E-state index contributed by atoms with van der Waals surface area (Å²) in [5.74, 6) is 1.85. The molecule has 2 heterocycles. The van der Waals surface area contributed by atoms with Crippen molar-refractivity contribution in [3.63, 3.8) is 0 Å². The summed E-state index contributed by atoms with van der Waals surface area (Å²) in [6.45, 7) is 1.66. The number of aromatic nitrogens is 3. The molecule has 140 valence electrons. The first-order chi connectivity index (χ1) is 12.3. The third-order valence-corrected chi connectivity index (χ3v) is 4.91. The van der Waals surface area contributed by atoms with E-state index in [1.807, 2.05) is 24.3 Å². The van der Waals surface area contributed by atoms with Crippen molar-refractivity contribution in [3.8, 4) is 17.1 Å². The minimum Gasteiger partial charge on any atom is -0.497 e. The summed E-state index contributed by atoms with van der Waals surface area (Å²) in [5, 5.41) is 0. The summed E-state index contributed by atoms with van der Waals surface area (Å²) in [6.07, 6.45) is 1.03. The second-order valence-corrected chi connectivity index (χ2v) is 8.64. The molecule has 0 spiro atoms. The zero-order valence-corrected chi connectivity index (χ0v) is 17.1. The van der Waals surface area contributed by atoms with Gasteiger partial charge in [0.2, 0.25) is 9.74 Å². The minimum atomic E-state index is -1.72. The molecule has 0 bridgehead atoms. The lowest BCUT2D eigenvalue weighted by atomic mass is 10.2. The number of ether oxygens (including phenoxy) is 1. The summed E-state index contributed by atoms with van der Waals surface area (Å²) in [4.78, 5) is 17.7. The number of alkyl halides is 3. The van der Waals surface area contributed by atoms with Gasteiger partial charge in [0.15, 0.2) is 11.6 Å². The van der Waals surface area contributed by atoms with Gasteiger partial charge in [0, 0.05) is 24.7 Å². The van der Waals surface area contributed by atoms with Crippen molar-refractivity contribution in [2.75, 3.05) is 39.2 Å². The van der Waals surface area contributed by atoms with Gasteiger partial charge < -0.3 is 14.5 Å². The molecule has 0 saturated carbocycles. The van der Waals surface area contributed by atoms with Gasteiger partial charge in [-0.25, -0.2) is 4.98 Å². The average molecular weight is 417 g/mol. The molecule has 1 aliphatic heterocycles. The summed E-state index contributed by atoms with van der Waals surface area (Å²) < 4.78 is 3.47. The van der Waals surface area contributed by atoms with E-state index >= 15 is 0 Å². The van der Waals surface area contributed by atoms with Crippen molar-refractivity contribution in [1.82, 2.24) is 19.9 Å². The van der Waals surface area contributed by atoms with Crippen LogP contribution in [0.4, 0.5) is 5.95 Å². The number of methoxy groups -OCH3 is 1. The highest BCUT2D eigenvalue weighted by atomic mass is 35.6. The first kappa shape index (κ1) is 19.4. The van der Waals surface area contributed by atoms with Gasteiger partial charge in [-0.3, -0.25) is 0 Å². The monoisotopic (exact) mass is 415 g/mol. The lowest BCUT2D eigenvalue weighted by molar-refractivity contribution is 0.315. The molecule has 0 N–H and O–H groups in total. The maximum atomic E-state index is 6.05. The van der Waals surface area contributed by atoms with E-state index in [1.54, 1.807) is 7.11 Å². The average Bonchev–Trinajstić information content (AvgIpc) is 3.11. The number of hydrogen-bond donors (Lipinski definition) is 0. The Morgan fingerprint density at radius 3 is 2.35 bits per heavy atom. The van der Waals surface area contributed by atoms with E-state index in [0.717, 1.165) is 30.8 Å². The van der Waals surface area contributed by atoms with Crippen LogP contribution in [0.3, 0.4) is 0 Å². The van der Waals surface area contributed by atoms with Gasteiger partial charge in [-0.2, -0.15) is 9.97 Å². The van der Waals surface area contributed by atoms with E-state index < -0.39 is 3.79 Å². The van der Waals surface area contributed by atoms with Crippen LogP contribution in [0, 0.1) is 0 Å². The fourth-order valence-corrected chi connectivity index (χ4v) is 3.10. The Labute approximate surface area is 168 Å². The second kappa shape index (κ2) is 7.72. The maximum absolute atomic E-state index is 6.05. The highest BCUT2D eigenvalue weighted by Crippen LogP contribution is 2.37. The molecule has 26 heavy (non-hydrogen) atoms. The third-order valence-electron chi connectivity index (χ3n) is 4.40. The van der Waals surface area contributed by atoms with Crippen molar-refractivity contribution in [3.05, 3.63) is 30.1 Å². The van der Waals surface area contributed by atoms with E-state index in [4.69, 9.17) is 39.5 Å². The van der Waals surface area contributed by atoms with Crippen LogP contribution in [-0.2, 0) is 3.79 Å². The van der Waals surface area contributed by atoms with Crippen LogP contribution in [0.5, 0.6) is 5.75 Å². The Kier molecular flexibility index (Phi) is 5.77. The summed E-state index contributed by atoms with van der Waals surface area (Å²) in [5.41, 5.74) is 0.799. The highest BCUT2D eigenvalue weighted by molar-refractivity contribution is 6.66. The number of rotatable bonds is 4. The normalized spacial score (nSPS) is 17.8. The second-order valence-electron chi connectivity index (χ2n) is 6.36. The Morgan fingerprint density at radius 1 is 1.12 bits per heavy atom. The van der Waals surface area contributed by atoms with Crippen molar-refractivity contribution in [2.45, 2.75) is 16.3 Å². The van der Waals surface area contributed by atoms with Gasteiger partial charge in [-0.15, -0.1) is 0 Å². The third kappa shape index (κ3) is 4.31. The fourth-order valence-electron chi connectivity index (χ4n) is 2.85. The Morgan fingerprint density at radius 2 is 1.81 bits per heavy atom. The molecule has 1 unspecified atom stereocenters. The lowest BCUT2D eigenvalue weighted by Crippen LogP contribution is -2.32. The van der Waals surface area contributed by atoms with Crippen LogP contribution in [0.2, 0.25) is 0 Å². The van der Waals surface area contributed by atoms with Crippen molar-refractivity contribution in [2.24, 2.45) is 0 Å². The van der Waals surface area contributed by atoms with Crippen LogP contribution in [0.15, 0.2) is 24.3 Å². The molecule has 3 rings (SSSR count). The number of hydrogen-bond acceptors (Lipinski definition) is 6. The smallest absolute Gasteiger partial charge is 0.250 e. The van der Waals surface area contributed by atoms with Gasteiger partial charge in [-0.1, -0.05) is 34.8 Å². The molecular formula is C17H20Cl3N5O. The molecule has 1 aromatic carbocycles. The number of anilines is 1. The first-order valence-electron chi connectivity index (χ1n) is 8.17. The van der Waals surface area contributed by atoms with Crippen LogP contribution in [-0.4, -0.2) is 60.2 Å². The number of likely N-dealkylation sites (N-methyl/N-ethyl adjacent to an activating group) is 1. The quantitative estimate of drug-likeness (QED) is 0.711. The van der Waals surface area contributed by atoms with Gasteiger partial charge in [0.1, 0.15) is 5.75 Å². The van der Waals surface area contributed by atoms with E-state index in [1.165, 1.54) is 0 Å². The first-order valence-corrected chi connectivity index (χ1v) is 9.30. The molecule has 1 fully saturated rings. The lowest BCUT2D eigenvalue weighted by Gasteiger charge is -2.21. The predicted octanol–water partition coefficient (Wildman–Crippen LogP) is 3.51. The summed E-state index contributed by atoms with van der Waals surface area (Å²) in [7, 11) is 5.75. The van der Waals surface area contributed by atoms with Gasteiger partial charge in [0.05, 0.1) is 7.11 Å². The largest absolute Gasteiger partial charge is 0.497 e. The topological polar surface area (TPSA) is 54.4 Å². The molecule has 6 nitrogen and oxygen atoms in total. The van der Waals surface area contributed by atoms with Gasteiger partial charge >= 0.3 is 0 Å². The molecule has 1 aliphatic rings. The Hall–Kier alpha value is -1.34. The summed E-state index contributed by atoms with van der Waals surface area (Å²) >= 11 is 18.2. The Balaban J connectivity index is 1.99. The van der Waals surface area contributed by atoms with Crippen molar-refractivity contribution < 1.29 is 4.74 Å². The SMILES string of the molecule is COc1ccc(-c2nc(N3CCC(N(C)C)C3)nc(C(Cl)(Cl)Cl)n2)cc1. The fraction of sp³-hybridized carbons (Fsp3) is 0.471. The van der Waals surface area contributed by atoms with Crippen molar-refractivity contribution in [1.29, 1.82) is 0 Å². The molecule has 1 atom stereocenters. The molecule has 1 saturated heterocycles. The molecule has 0 amide bonds. The minimum absolute atomic E-state index is 0.117. The van der Waals surface area contributed by atoms with Crippen LogP contribution >= 0.6 is 34.8 Å². The molecule has 0 radical (unpaired) electrons. The maximum Gasteiger partial charge on any atom is 0.250 e. The molecule has 9 heteroatoms. The van der Waals surface area contributed by atoms with Crippen LogP contribution < -0.4 is 9.64 Å².